The number of anilines is 2. The molecule has 1 saturated carbocycles. The van der Waals surface area contributed by atoms with E-state index < -0.39 is 0 Å². The quantitative estimate of drug-likeness (QED) is 0.821. The topological polar surface area (TPSA) is 45.2 Å². The van der Waals surface area contributed by atoms with E-state index in [2.05, 4.69) is 24.8 Å². The van der Waals surface area contributed by atoms with Gasteiger partial charge in [0.1, 0.15) is 0 Å². The number of halogens is 1. The summed E-state index contributed by atoms with van der Waals surface area (Å²) in [6.07, 6.45) is 4.85. The first-order chi connectivity index (χ1) is 8.24. The summed E-state index contributed by atoms with van der Waals surface area (Å²) in [5.74, 6) is 1.43. The Morgan fingerprint density at radius 3 is 2.53 bits per heavy atom. The fourth-order valence-corrected chi connectivity index (χ4v) is 2.32. The molecule has 17 heavy (non-hydrogen) atoms. The minimum Gasteiger partial charge on any atom is -0.341 e. The second-order valence-corrected chi connectivity index (χ2v) is 5.08. The van der Waals surface area contributed by atoms with Crippen LogP contribution in [0.25, 0.3) is 0 Å². The van der Waals surface area contributed by atoms with Crippen LogP contribution in [-0.4, -0.2) is 41.1 Å². The van der Waals surface area contributed by atoms with E-state index in [1.807, 2.05) is 7.05 Å². The summed E-state index contributed by atoms with van der Waals surface area (Å²) < 4.78 is 0. The molecule has 1 aliphatic carbocycles. The molecular formula is C11H16ClN5. The lowest BCUT2D eigenvalue weighted by molar-refractivity contribution is 0.821. The molecule has 1 aromatic heterocycles. The van der Waals surface area contributed by atoms with Gasteiger partial charge >= 0.3 is 0 Å². The summed E-state index contributed by atoms with van der Waals surface area (Å²) in [6, 6.07) is 0.583. The lowest BCUT2D eigenvalue weighted by Gasteiger charge is -2.19. The van der Waals surface area contributed by atoms with Gasteiger partial charge in [0.25, 0.3) is 0 Å². The van der Waals surface area contributed by atoms with Crippen molar-refractivity contribution in [3.63, 3.8) is 0 Å². The van der Waals surface area contributed by atoms with Gasteiger partial charge in [0.15, 0.2) is 0 Å². The van der Waals surface area contributed by atoms with Gasteiger partial charge in [-0.3, -0.25) is 0 Å². The molecule has 2 heterocycles. The summed E-state index contributed by atoms with van der Waals surface area (Å²) in [4.78, 5) is 17.2. The SMILES string of the molecule is CN(c1nc(Cl)nc(N2CCCC2)n1)C1CC1. The predicted octanol–water partition coefficient (Wildman–Crippen LogP) is 1.72. The van der Waals surface area contributed by atoms with Crippen LogP contribution < -0.4 is 9.80 Å². The zero-order valence-electron chi connectivity index (χ0n) is 9.93. The van der Waals surface area contributed by atoms with Crippen LogP contribution in [0.15, 0.2) is 0 Å². The lowest BCUT2D eigenvalue weighted by Crippen LogP contribution is -2.26. The smallest absolute Gasteiger partial charge is 0.231 e. The summed E-state index contributed by atoms with van der Waals surface area (Å²) in [6.45, 7) is 2.04. The third kappa shape index (κ3) is 2.29. The number of rotatable bonds is 3. The molecule has 2 fully saturated rings. The van der Waals surface area contributed by atoms with E-state index in [1.165, 1.54) is 25.7 Å². The highest BCUT2D eigenvalue weighted by Gasteiger charge is 2.29. The highest BCUT2D eigenvalue weighted by molar-refractivity contribution is 6.28. The number of hydrogen-bond acceptors (Lipinski definition) is 5. The van der Waals surface area contributed by atoms with Crippen molar-refractivity contribution in [2.75, 3.05) is 29.9 Å². The van der Waals surface area contributed by atoms with Crippen molar-refractivity contribution in [1.29, 1.82) is 0 Å². The van der Waals surface area contributed by atoms with Crippen molar-refractivity contribution >= 4 is 23.5 Å². The van der Waals surface area contributed by atoms with E-state index in [9.17, 15) is 0 Å². The first-order valence-electron chi connectivity index (χ1n) is 6.13. The predicted molar refractivity (Wildman–Crippen MR) is 67.7 cm³/mol. The Balaban J connectivity index is 1.88. The van der Waals surface area contributed by atoms with Crippen LogP contribution in [0, 0.1) is 0 Å². The Morgan fingerprint density at radius 1 is 1.18 bits per heavy atom. The summed E-state index contributed by atoms with van der Waals surface area (Å²) >= 11 is 5.98. The molecule has 1 aliphatic heterocycles. The maximum Gasteiger partial charge on any atom is 0.231 e. The van der Waals surface area contributed by atoms with E-state index in [-0.39, 0.29) is 0 Å². The molecule has 0 amide bonds. The standard InChI is InChI=1S/C11H16ClN5/c1-16(8-4-5-8)10-13-9(12)14-11(15-10)17-6-2-3-7-17/h8H,2-7H2,1H3. The number of hydrogen-bond donors (Lipinski definition) is 0. The lowest BCUT2D eigenvalue weighted by atomic mass is 10.4. The molecule has 0 radical (unpaired) electrons. The fourth-order valence-electron chi connectivity index (χ4n) is 2.17. The molecule has 1 aromatic rings. The van der Waals surface area contributed by atoms with Crippen LogP contribution in [0.4, 0.5) is 11.9 Å². The Kier molecular flexibility index (Phi) is 2.78. The average molecular weight is 254 g/mol. The van der Waals surface area contributed by atoms with E-state index >= 15 is 0 Å². The van der Waals surface area contributed by atoms with Crippen molar-refractivity contribution in [3.05, 3.63) is 5.28 Å². The number of nitrogens with zero attached hydrogens (tertiary/aromatic N) is 5. The van der Waals surface area contributed by atoms with Gasteiger partial charge in [-0.05, 0) is 37.3 Å². The Labute approximate surface area is 106 Å². The third-order valence-corrected chi connectivity index (χ3v) is 3.55. The van der Waals surface area contributed by atoms with E-state index in [0.29, 0.717) is 17.3 Å². The Morgan fingerprint density at radius 2 is 1.88 bits per heavy atom. The molecule has 0 unspecified atom stereocenters. The third-order valence-electron chi connectivity index (χ3n) is 3.38. The highest BCUT2D eigenvalue weighted by atomic mass is 35.5. The van der Waals surface area contributed by atoms with Gasteiger partial charge in [-0.25, -0.2) is 0 Å². The first-order valence-corrected chi connectivity index (χ1v) is 6.51. The summed E-state index contributed by atoms with van der Waals surface area (Å²) in [7, 11) is 2.02. The van der Waals surface area contributed by atoms with Gasteiger partial charge in [0, 0.05) is 26.2 Å². The van der Waals surface area contributed by atoms with Gasteiger partial charge in [0.2, 0.25) is 17.2 Å². The molecular weight excluding hydrogens is 238 g/mol. The van der Waals surface area contributed by atoms with Gasteiger partial charge in [-0.15, -0.1) is 0 Å². The van der Waals surface area contributed by atoms with Crippen LogP contribution in [0.1, 0.15) is 25.7 Å². The van der Waals surface area contributed by atoms with Crippen LogP contribution in [0.5, 0.6) is 0 Å². The normalized spacial score (nSPS) is 19.8. The minimum absolute atomic E-state index is 0.296. The fraction of sp³-hybridized carbons (Fsp3) is 0.727. The number of aromatic nitrogens is 3. The van der Waals surface area contributed by atoms with E-state index in [4.69, 9.17) is 11.6 Å². The second kappa shape index (κ2) is 4.29. The molecule has 0 spiro atoms. The van der Waals surface area contributed by atoms with E-state index in [0.717, 1.165) is 19.0 Å². The molecule has 0 aromatic carbocycles. The highest BCUT2D eigenvalue weighted by Crippen LogP contribution is 2.29. The van der Waals surface area contributed by atoms with Crippen LogP contribution in [0.2, 0.25) is 5.28 Å². The monoisotopic (exact) mass is 253 g/mol. The maximum atomic E-state index is 5.98. The average Bonchev–Trinajstić information content (AvgIpc) is 3.02. The molecule has 0 bridgehead atoms. The van der Waals surface area contributed by atoms with Crippen molar-refractivity contribution < 1.29 is 0 Å². The summed E-state index contributed by atoms with van der Waals surface area (Å²) in [5.41, 5.74) is 0. The maximum absolute atomic E-state index is 5.98. The zero-order valence-corrected chi connectivity index (χ0v) is 10.7. The van der Waals surface area contributed by atoms with Gasteiger partial charge in [0.05, 0.1) is 0 Å². The molecule has 0 N–H and O–H groups in total. The van der Waals surface area contributed by atoms with Gasteiger partial charge in [-0.2, -0.15) is 15.0 Å². The molecule has 5 nitrogen and oxygen atoms in total. The molecule has 6 heteroatoms. The minimum atomic E-state index is 0.296. The second-order valence-electron chi connectivity index (χ2n) is 4.74. The van der Waals surface area contributed by atoms with Gasteiger partial charge in [-0.1, -0.05) is 0 Å². The van der Waals surface area contributed by atoms with Crippen molar-refractivity contribution in [2.45, 2.75) is 31.7 Å². The molecule has 0 atom stereocenters. The van der Waals surface area contributed by atoms with Gasteiger partial charge < -0.3 is 9.80 Å². The van der Waals surface area contributed by atoms with Crippen LogP contribution >= 0.6 is 11.6 Å². The van der Waals surface area contributed by atoms with Crippen molar-refractivity contribution in [1.82, 2.24) is 15.0 Å². The molecule has 1 saturated heterocycles. The first kappa shape index (κ1) is 11.0. The largest absolute Gasteiger partial charge is 0.341 e. The van der Waals surface area contributed by atoms with Crippen molar-refractivity contribution in [2.24, 2.45) is 0 Å². The summed E-state index contributed by atoms with van der Waals surface area (Å²) in [5, 5.41) is 0.296. The van der Waals surface area contributed by atoms with E-state index in [1.54, 1.807) is 0 Å². The molecule has 3 rings (SSSR count). The van der Waals surface area contributed by atoms with Crippen LogP contribution in [-0.2, 0) is 0 Å². The Bertz CT molecular complexity index is 394. The Hall–Kier alpha value is -1.10. The zero-order chi connectivity index (χ0) is 11.8. The molecule has 92 valence electrons. The van der Waals surface area contributed by atoms with Crippen molar-refractivity contribution in [3.8, 4) is 0 Å². The van der Waals surface area contributed by atoms with Crippen LogP contribution in [0.3, 0.4) is 0 Å². The molecule has 2 aliphatic rings.